The first-order valence-electron chi connectivity index (χ1n) is 6.94. The van der Waals surface area contributed by atoms with Crippen LogP contribution in [0.25, 0.3) is 0 Å². The molecular weight excluding hydrogens is 321 g/mol. The molecule has 2 aromatic carbocycles. The van der Waals surface area contributed by atoms with Crippen LogP contribution in [0.5, 0.6) is 5.75 Å². The lowest BCUT2D eigenvalue weighted by Gasteiger charge is -2.20. The maximum Gasteiger partial charge on any atom is 0.261 e. The van der Waals surface area contributed by atoms with E-state index < -0.39 is 6.10 Å². The summed E-state index contributed by atoms with van der Waals surface area (Å²) in [5, 5.41) is 3.97. The van der Waals surface area contributed by atoms with Crippen molar-refractivity contribution in [3.05, 3.63) is 64.1 Å². The molecule has 1 amide bonds. The fourth-order valence-electron chi connectivity index (χ4n) is 2.02. The molecule has 0 aliphatic carbocycles. The Balaban J connectivity index is 1.98. The van der Waals surface area contributed by atoms with Gasteiger partial charge in [-0.1, -0.05) is 47.5 Å². The Morgan fingerprint density at radius 3 is 2.41 bits per heavy atom. The van der Waals surface area contributed by atoms with Gasteiger partial charge in [0.1, 0.15) is 5.75 Å². The van der Waals surface area contributed by atoms with E-state index in [0.29, 0.717) is 15.8 Å². The molecule has 0 saturated carbocycles. The summed E-state index contributed by atoms with van der Waals surface area (Å²) in [5.74, 6) is 0.449. The average molecular weight is 338 g/mol. The lowest BCUT2D eigenvalue weighted by Crippen LogP contribution is -2.37. The first-order valence-corrected chi connectivity index (χ1v) is 7.70. The highest BCUT2D eigenvalue weighted by Crippen LogP contribution is 2.26. The summed E-state index contributed by atoms with van der Waals surface area (Å²) in [6.07, 6.45) is -0.601. The van der Waals surface area contributed by atoms with Crippen molar-refractivity contribution in [1.82, 2.24) is 5.32 Å². The van der Waals surface area contributed by atoms with Crippen molar-refractivity contribution in [2.45, 2.75) is 26.0 Å². The van der Waals surface area contributed by atoms with Crippen molar-refractivity contribution in [3.63, 3.8) is 0 Å². The van der Waals surface area contributed by atoms with Crippen LogP contribution in [0.15, 0.2) is 48.5 Å². The maximum atomic E-state index is 12.2. The zero-order chi connectivity index (χ0) is 16.1. The molecule has 0 spiro atoms. The van der Waals surface area contributed by atoms with Gasteiger partial charge in [-0.3, -0.25) is 4.79 Å². The number of nitrogens with one attached hydrogen (secondary N) is 1. The molecule has 0 aliphatic heterocycles. The SMILES string of the molecule is CC(Oc1ccccc1)C(=O)NC(C)c1ccc(Cl)cc1Cl. The van der Waals surface area contributed by atoms with Crippen molar-refractivity contribution < 1.29 is 9.53 Å². The number of carbonyl (C=O) groups excluding carboxylic acids is 1. The predicted molar refractivity (Wildman–Crippen MR) is 89.6 cm³/mol. The average Bonchev–Trinajstić information content (AvgIpc) is 2.47. The lowest BCUT2D eigenvalue weighted by molar-refractivity contribution is -0.127. The summed E-state index contributed by atoms with van der Waals surface area (Å²) >= 11 is 12.0. The zero-order valence-electron chi connectivity index (χ0n) is 12.3. The number of amides is 1. The highest BCUT2D eigenvalue weighted by Gasteiger charge is 2.19. The number of halogens is 2. The predicted octanol–water partition coefficient (Wildman–Crippen LogP) is 4.64. The minimum atomic E-state index is -0.601. The first kappa shape index (κ1) is 16.7. The molecule has 2 rings (SSSR count). The molecule has 2 unspecified atom stereocenters. The molecule has 0 heterocycles. The van der Waals surface area contributed by atoms with Gasteiger partial charge in [0.15, 0.2) is 6.10 Å². The van der Waals surface area contributed by atoms with Gasteiger partial charge in [-0.25, -0.2) is 0 Å². The summed E-state index contributed by atoms with van der Waals surface area (Å²) in [6, 6.07) is 14.2. The minimum absolute atomic E-state index is 0.206. The third-order valence-corrected chi connectivity index (χ3v) is 3.78. The summed E-state index contributed by atoms with van der Waals surface area (Å²) in [6.45, 7) is 3.57. The summed E-state index contributed by atoms with van der Waals surface area (Å²) in [4.78, 5) is 12.2. The molecule has 3 nitrogen and oxygen atoms in total. The number of rotatable bonds is 5. The van der Waals surface area contributed by atoms with Crippen LogP contribution in [0.2, 0.25) is 10.0 Å². The van der Waals surface area contributed by atoms with Crippen molar-refractivity contribution in [2.24, 2.45) is 0 Å². The van der Waals surface area contributed by atoms with Crippen LogP contribution >= 0.6 is 23.2 Å². The smallest absolute Gasteiger partial charge is 0.261 e. The number of hydrogen-bond donors (Lipinski definition) is 1. The Labute approximate surface area is 140 Å². The second-order valence-corrected chi connectivity index (χ2v) is 5.81. The molecule has 0 radical (unpaired) electrons. The topological polar surface area (TPSA) is 38.3 Å². The molecule has 0 fully saturated rings. The third-order valence-electron chi connectivity index (χ3n) is 3.21. The Morgan fingerprint density at radius 2 is 1.77 bits per heavy atom. The van der Waals surface area contributed by atoms with Gasteiger partial charge in [0.2, 0.25) is 0 Å². The molecule has 0 aromatic heterocycles. The quantitative estimate of drug-likeness (QED) is 0.863. The van der Waals surface area contributed by atoms with Gasteiger partial charge in [0.05, 0.1) is 6.04 Å². The van der Waals surface area contributed by atoms with E-state index in [1.54, 1.807) is 25.1 Å². The third kappa shape index (κ3) is 4.39. The van der Waals surface area contributed by atoms with Crippen LogP contribution in [0, 0.1) is 0 Å². The van der Waals surface area contributed by atoms with Gasteiger partial charge in [0.25, 0.3) is 5.91 Å². The van der Waals surface area contributed by atoms with E-state index in [4.69, 9.17) is 27.9 Å². The molecule has 2 aromatic rings. The van der Waals surface area contributed by atoms with E-state index in [-0.39, 0.29) is 11.9 Å². The van der Waals surface area contributed by atoms with E-state index in [9.17, 15) is 4.79 Å². The summed E-state index contributed by atoms with van der Waals surface area (Å²) in [7, 11) is 0. The van der Waals surface area contributed by atoms with Crippen LogP contribution in [0.4, 0.5) is 0 Å². The molecule has 116 valence electrons. The van der Waals surface area contributed by atoms with Gasteiger partial charge in [-0.2, -0.15) is 0 Å². The van der Waals surface area contributed by atoms with Crippen LogP contribution in [0.3, 0.4) is 0 Å². The summed E-state index contributed by atoms with van der Waals surface area (Å²) in [5.41, 5.74) is 0.811. The highest BCUT2D eigenvalue weighted by molar-refractivity contribution is 6.35. The van der Waals surface area contributed by atoms with Crippen molar-refractivity contribution in [2.75, 3.05) is 0 Å². The monoisotopic (exact) mass is 337 g/mol. The Morgan fingerprint density at radius 1 is 1.09 bits per heavy atom. The minimum Gasteiger partial charge on any atom is -0.481 e. The van der Waals surface area contributed by atoms with E-state index in [1.165, 1.54) is 0 Å². The number of para-hydroxylation sites is 1. The number of benzene rings is 2. The van der Waals surface area contributed by atoms with Gasteiger partial charge in [0, 0.05) is 10.0 Å². The van der Waals surface area contributed by atoms with Crippen molar-refractivity contribution >= 4 is 29.1 Å². The fourth-order valence-corrected chi connectivity index (χ4v) is 2.59. The van der Waals surface area contributed by atoms with Crippen LogP contribution in [0.1, 0.15) is 25.5 Å². The first-order chi connectivity index (χ1) is 10.5. The molecular formula is C17H17Cl2NO2. The van der Waals surface area contributed by atoms with Gasteiger partial charge >= 0.3 is 0 Å². The van der Waals surface area contributed by atoms with Crippen LogP contribution in [-0.4, -0.2) is 12.0 Å². The van der Waals surface area contributed by atoms with Gasteiger partial charge < -0.3 is 10.1 Å². The second kappa shape index (κ2) is 7.52. The summed E-state index contributed by atoms with van der Waals surface area (Å²) < 4.78 is 5.60. The van der Waals surface area contributed by atoms with E-state index in [1.807, 2.05) is 37.3 Å². The van der Waals surface area contributed by atoms with E-state index >= 15 is 0 Å². The number of ether oxygens (including phenoxy) is 1. The molecule has 22 heavy (non-hydrogen) atoms. The van der Waals surface area contributed by atoms with Gasteiger partial charge in [-0.05, 0) is 43.7 Å². The highest BCUT2D eigenvalue weighted by atomic mass is 35.5. The van der Waals surface area contributed by atoms with E-state index in [2.05, 4.69) is 5.32 Å². The normalized spacial score (nSPS) is 13.3. The van der Waals surface area contributed by atoms with Crippen LogP contribution < -0.4 is 10.1 Å². The lowest BCUT2D eigenvalue weighted by atomic mass is 10.1. The van der Waals surface area contributed by atoms with Gasteiger partial charge in [-0.15, -0.1) is 0 Å². The van der Waals surface area contributed by atoms with E-state index in [0.717, 1.165) is 5.56 Å². The number of hydrogen-bond acceptors (Lipinski definition) is 2. The fraction of sp³-hybridized carbons (Fsp3) is 0.235. The number of carbonyl (C=O) groups is 1. The second-order valence-electron chi connectivity index (χ2n) is 4.97. The molecule has 0 aliphatic rings. The van der Waals surface area contributed by atoms with Crippen molar-refractivity contribution in [1.29, 1.82) is 0 Å². The molecule has 0 bridgehead atoms. The van der Waals surface area contributed by atoms with Crippen molar-refractivity contribution in [3.8, 4) is 5.75 Å². The standard InChI is InChI=1S/C17H17Cl2NO2/c1-11(15-9-8-13(18)10-16(15)19)20-17(21)12(2)22-14-6-4-3-5-7-14/h3-12H,1-2H3,(H,20,21). The molecule has 5 heteroatoms. The molecule has 2 atom stereocenters. The van der Waals surface area contributed by atoms with Crippen LogP contribution in [-0.2, 0) is 4.79 Å². The Hall–Kier alpha value is -1.71. The zero-order valence-corrected chi connectivity index (χ0v) is 13.9. The Bertz CT molecular complexity index is 646. The maximum absolute atomic E-state index is 12.2. The molecule has 0 saturated heterocycles. The molecule has 1 N–H and O–H groups in total. The Kier molecular flexibility index (Phi) is 5.69. The largest absolute Gasteiger partial charge is 0.481 e.